The van der Waals surface area contributed by atoms with Gasteiger partial charge in [0.1, 0.15) is 0 Å². The van der Waals surface area contributed by atoms with Crippen molar-refractivity contribution in [1.82, 2.24) is 0 Å². The summed E-state index contributed by atoms with van der Waals surface area (Å²) in [7, 11) is 0. The molecule has 0 radical (unpaired) electrons. The number of hydrogen-bond donors (Lipinski definition) is 0. The normalized spacial score (nSPS) is 17.3. The van der Waals surface area contributed by atoms with Crippen molar-refractivity contribution in [2.75, 3.05) is 0 Å². The summed E-state index contributed by atoms with van der Waals surface area (Å²) >= 11 is 0. The summed E-state index contributed by atoms with van der Waals surface area (Å²) in [5.41, 5.74) is 1.46. The number of rotatable bonds is 14. The largest absolute Gasteiger partial charge is 0.294 e. The third kappa shape index (κ3) is 8.15. The minimum absolute atomic E-state index is 0.0360. The summed E-state index contributed by atoms with van der Waals surface area (Å²) in [4.78, 5) is 26.4. The van der Waals surface area contributed by atoms with Gasteiger partial charge >= 0.3 is 0 Å². The van der Waals surface area contributed by atoms with E-state index in [0.717, 1.165) is 75.4 Å². The molecule has 0 saturated heterocycles. The number of Topliss-reactive ketones (excluding diaryl/α,β-unsaturated/α-hetero) is 2. The van der Waals surface area contributed by atoms with Gasteiger partial charge in [0.15, 0.2) is 11.6 Å². The fourth-order valence-corrected chi connectivity index (χ4v) is 4.01. The lowest BCUT2D eigenvalue weighted by Gasteiger charge is -2.21. The van der Waals surface area contributed by atoms with Crippen LogP contribution in [0, 0.1) is 11.8 Å². The first-order chi connectivity index (χ1) is 13.1. The topological polar surface area (TPSA) is 34.1 Å². The third-order valence-electron chi connectivity index (χ3n) is 5.95. The van der Waals surface area contributed by atoms with Crippen LogP contribution in [0.25, 0.3) is 0 Å². The first-order valence-electron chi connectivity index (χ1n) is 11.5. The summed E-state index contributed by atoms with van der Waals surface area (Å²) in [5.74, 6) is 0.914. The number of ketones is 2. The van der Waals surface area contributed by atoms with Crippen LogP contribution in [-0.4, -0.2) is 11.6 Å². The summed E-state index contributed by atoms with van der Waals surface area (Å²) in [6.07, 6.45) is 17.6. The molecule has 27 heavy (non-hydrogen) atoms. The highest BCUT2D eigenvalue weighted by Crippen LogP contribution is 2.34. The second kappa shape index (κ2) is 13.9. The molecule has 1 aliphatic rings. The summed E-state index contributed by atoms with van der Waals surface area (Å²) in [6.45, 7) is 8.53. The van der Waals surface area contributed by atoms with Gasteiger partial charge in [-0.3, -0.25) is 9.59 Å². The molecule has 0 heterocycles. The number of hydrogen-bond acceptors (Lipinski definition) is 2. The molecule has 1 fully saturated rings. The Morgan fingerprint density at radius 1 is 0.852 bits per heavy atom. The molecule has 0 bridgehead atoms. The summed E-state index contributed by atoms with van der Waals surface area (Å²) in [5, 5.41) is 0. The minimum Gasteiger partial charge on any atom is -0.294 e. The molecule has 0 aromatic heterocycles. The van der Waals surface area contributed by atoms with E-state index >= 15 is 0 Å². The lowest BCUT2D eigenvalue weighted by Crippen LogP contribution is -2.23. The van der Waals surface area contributed by atoms with Crippen molar-refractivity contribution in [1.29, 1.82) is 0 Å². The fourth-order valence-electron chi connectivity index (χ4n) is 4.01. The Morgan fingerprint density at radius 3 is 1.89 bits per heavy atom. The number of unbranched alkanes of at least 4 members (excludes halogenated alkanes) is 5. The monoisotopic (exact) mass is 374 g/mol. The van der Waals surface area contributed by atoms with Gasteiger partial charge in [-0.15, -0.1) is 0 Å². The molecule has 154 valence electrons. The van der Waals surface area contributed by atoms with E-state index in [1.54, 1.807) is 0 Å². The number of allylic oxidation sites excluding steroid dienone is 4. The minimum atomic E-state index is 0.0360. The Labute approximate surface area is 167 Å². The fraction of sp³-hybridized carbons (Fsp3) is 0.760. The van der Waals surface area contributed by atoms with Crippen LogP contribution in [0.15, 0.2) is 23.3 Å². The maximum atomic E-state index is 13.4. The number of carbonyl (C=O) groups is 2. The summed E-state index contributed by atoms with van der Waals surface area (Å²) < 4.78 is 0. The SMILES string of the molecule is CCCC/C=C(C(=O)CCCC)/C(=C\CCCC)C(=O)C(C)C1CCCC1. The molecular formula is C25H42O2. The van der Waals surface area contributed by atoms with Crippen LogP contribution in [0.5, 0.6) is 0 Å². The van der Waals surface area contributed by atoms with Crippen LogP contribution in [0.1, 0.15) is 111 Å². The quantitative estimate of drug-likeness (QED) is 0.181. The van der Waals surface area contributed by atoms with Gasteiger partial charge in [-0.05, 0) is 38.0 Å². The van der Waals surface area contributed by atoms with Gasteiger partial charge in [-0.25, -0.2) is 0 Å². The Bertz CT molecular complexity index is 506. The Kier molecular flexibility index (Phi) is 12.3. The molecule has 1 unspecified atom stereocenters. The van der Waals surface area contributed by atoms with Crippen molar-refractivity contribution >= 4 is 11.6 Å². The van der Waals surface area contributed by atoms with Gasteiger partial charge in [0, 0.05) is 23.5 Å². The van der Waals surface area contributed by atoms with Crippen LogP contribution in [-0.2, 0) is 9.59 Å². The van der Waals surface area contributed by atoms with Gasteiger partial charge in [0.2, 0.25) is 0 Å². The second-order valence-electron chi connectivity index (χ2n) is 8.24. The van der Waals surface area contributed by atoms with Gasteiger partial charge < -0.3 is 0 Å². The number of carbonyl (C=O) groups excluding carboxylic acids is 2. The van der Waals surface area contributed by atoms with Crippen molar-refractivity contribution in [3.63, 3.8) is 0 Å². The van der Waals surface area contributed by atoms with Crippen LogP contribution >= 0.6 is 0 Å². The van der Waals surface area contributed by atoms with Crippen LogP contribution in [0.3, 0.4) is 0 Å². The van der Waals surface area contributed by atoms with Gasteiger partial charge in [0.25, 0.3) is 0 Å². The van der Waals surface area contributed by atoms with Crippen molar-refractivity contribution in [3.8, 4) is 0 Å². The lowest BCUT2D eigenvalue weighted by atomic mass is 9.82. The van der Waals surface area contributed by atoms with E-state index in [9.17, 15) is 9.59 Å². The zero-order chi connectivity index (χ0) is 20.1. The van der Waals surface area contributed by atoms with E-state index < -0.39 is 0 Å². The van der Waals surface area contributed by atoms with Gasteiger partial charge in [0.05, 0.1) is 0 Å². The molecule has 1 atom stereocenters. The van der Waals surface area contributed by atoms with Gasteiger partial charge in [-0.2, -0.15) is 0 Å². The van der Waals surface area contributed by atoms with E-state index in [0.29, 0.717) is 12.3 Å². The molecule has 0 amide bonds. The molecule has 0 aromatic carbocycles. The smallest absolute Gasteiger partial charge is 0.166 e. The van der Waals surface area contributed by atoms with Crippen molar-refractivity contribution in [2.24, 2.45) is 11.8 Å². The van der Waals surface area contributed by atoms with Crippen LogP contribution in [0.4, 0.5) is 0 Å². The standard InChI is InChI=1S/C25H42O2/c1-5-8-11-17-22(24(26)19-10-7-3)23(18-12-9-6-2)25(27)20(4)21-15-13-14-16-21/h17-18,20-21H,5-16,19H2,1-4H3/b22-17-,23-18+. The zero-order valence-electron chi connectivity index (χ0n) is 18.3. The zero-order valence-corrected chi connectivity index (χ0v) is 18.3. The van der Waals surface area contributed by atoms with E-state index in [1.807, 2.05) is 0 Å². The average molecular weight is 375 g/mol. The second-order valence-corrected chi connectivity index (χ2v) is 8.24. The molecule has 0 N–H and O–H groups in total. The predicted molar refractivity (Wildman–Crippen MR) is 116 cm³/mol. The average Bonchev–Trinajstić information content (AvgIpc) is 3.21. The van der Waals surface area contributed by atoms with E-state index in [-0.39, 0.29) is 17.5 Å². The summed E-state index contributed by atoms with van der Waals surface area (Å²) in [6, 6.07) is 0. The van der Waals surface area contributed by atoms with Crippen molar-refractivity contribution < 1.29 is 9.59 Å². The first kappa shape index (κ1) is 23.9. The Morgan fingerprint density at radius 2 is 1.37 bits per heavy atom. The van der Waals surface area contributed by atoms with Gasteiger partial charge in [-0.1, -0.05) is 84.8 Å². The lowest BCUT2D eigenvalue weighted by molar-refractivity contribution is -0.121. The molecule has 1 rings (SSSR count). The van der Waals surface area contributed by atoms with E-state index in [4.69, 9.17) is 0 Å². The highest BCUT2D eigenvalue weighted by Gasteiger charge is 2.30. The molecule has 1 saturated carbocycles. The highest BCUT2D eigenvalue weighted by molar-refractivity contribution is 6.13. The van der Waals surface area contributed by atoms with Crippen molar-refractivity contribution in [2.45, 2.75) is 111 Å². The molecule has 2 nitrogen and oxygen atoms in total. The maximum absolute atomic E-state index is 13.4. The molecule has 0 aromatic rings. The van der Waals surface area contributed by atoms with E-state index in [2.05, 4.69) is 39.8 Å². The first-order valence-corrected chi connectivity index (χ1v) is 11.5. The molecule has 2 heteroatoms. The van der Waals surface area contributed by atoms with E-state index in [1.165, 1.54) is 12.8 Å². The predicted octanol–water partition coefficient (Wildman–Crippen LogP) is 7.37. The molecule has 0 spiro atoms. The Hall–Kier alpha value is -1.18. The third-order valence-corrected chi connectivity index (χ3v) is 5.95. The molecular weight excluding hydrogens is 332 g/mol. The molecule has 1 aliphatic carbocycles. The highest BCUT2D eigenvalue weighted by atomic mass is 16.1. The molecule has 0 aliphatic heterocycles. The van der Waals surface area contributed by atoms with Crippen molar-refractivity contribution in [3.05, 3.63) is 23.3 Å². The van der Waals surface area contributed by atoms with Crippen LogP contribution in [0.2, 0.25) is 0 Å². The maximum Gasteiger partial charge on any atom is 0.166 e. The Balaban J connectivity index is 3.11. The van der Waals surface area contributed by atoms with Crippen LogP contribution < -0.4 is 0 Å².